The molecule has 0 bridgehead atoms. The summed E-state index contributed by atoms with van der Waals surface area (Å²) in [6.07, 6.45) is 32.7. The molecule has 0 radical (unpaired) electrons. The second-order valence-electron chi connectivity index (χ2n) is 10.8. The van der Waals surface area contributed by atoms with Crippen LogP contribution in [-0.4, -0.2) is 0 Å². The molecule has 0 amide bonds. The van der Waals surface area contributed by atoms with Gasteiger partial charge < -0.3 is 0 Å². The van der Waals surface area contributed by atoms with Crippen molar-refractivity contribution >= 4 is 12.2 Å². The molecule has 0 aromatic heterocycles. The van der Waals surface area contributed by atoms with Crippen molar-refractivity contribution in [2.75, 3.05) is 0 Å². The summed E-state index contributed by atoms with van der Waals surface area (Å²) in [4.78, 5) is 0. The minimum absolute atomic E-state index is 0.195. The Hall–Kier alpha value is -3.64. The molecule has 0 aliphatic heterocycles. The Balaban J connectivity index is 1.66. The van der Waals surface area contributed by atoms with Crippen molar-refractivity contribution in [2.24, 2.45) is 0 Å². The van der Waals surface area contributed by atoms with Crippen LogP contribution >= 0.6 is 0 Å². The zero-order valence-corrected chi connectivity index (χ0v) is 22.9. The van der Waals surface area contributed by atoms with E-state index in [1.165, 1.54) is 22.3 Å². The maximum Gasteiger partial charge on any atom is -0.0132 e. The van der Waals surface area contributed by atoms with Crippen molar-refractivity contribution in [3.63, 3.8) is 0 Å². The van der Waals surface area contributed by atoms with Gasteiger partial charge >= 0.3 is 0 Å². The van der Waals surface area contributed by atoms with Crippen molar-refractivity contribution in [3.8, 4) is 0 Å². The monoisotopic (exact) mass is 474 g/mol. The summed E-state index contributed by atoms with van der Waals surface area (Å²) in [5.74, 6) is 0. The van der Waals surface area contributed by atoms with Crippen LogP contribution in [-0.2, 0) is 10.8 Å². The van der Waals surface area contributed by atoms with Crippen LogP contribution in [0.3, 0.4) is 0 Å². The fourth-order valence-corrected chi connectivity index (χ4v) is 3.29. The van der Waals surface area contributed by atoms with E-state index in [-0.39, 0.29) is 10.8 Å². The highest BCUT2D eigenvalue weighted by molar-refractivity contribution is 5.53. The van der Waals surface area contributed by atoms with Crippen LogP contribution in [0.25, 0.3) is 12.2 Å². The lowest BCUT2D eigenvalue weighted by molar-refractivity contribution is 0.590. The predicted octanol–water partition coefficient (Wildman–Crippen LogP) is 10.3. The number of benzene rings is 2. The average molecular weight is 475 g/mol. The van der Waals surface area contributed by atoms with E-state index in [0.29, 0.717) is 0 Å². The van der Waals surface area contributed by atoms with Gasteiger partial charge in [0.25, 0.3) is 0 Å². The standard InChI is InChI=1S/C36H42/c1-35(2,3)33-27-23-31(24-28-33)21-19-17-15-13-11-9-7-8-10-12-14-16-18-20-22-32-25-29-34(30-26-32)36(4,5)6/h7-30H,1-6H3/b9-7+,10-8+,13-11+,14-12+,17-15+,18-16+,21-19+,22-20+. The number of hydrogen-bond acceptors (Lipinski definition) is 0. The van der Waals surface area contributed by atoms with E-state index in [2.05, 4.69) is 114 Å². The molecular weight excluding hydrogens is 432 g/mol. The molecule has 2 aromatic rings. The lowest BCUT2D eigenvalue weighted by Gasteiger charge is -2.18. The van der Waals surface area contributed by atoms with E-state index in [1.54, 1.807) is 0 Å². The molecule has 0 spiro atoms. The van der Waals surface area contributed by atoms with E-state index < -0.39 is 0 Å². The van der Waals surface area contributed by atoms with E-state index in [9.17, 15) is 0 Å². The van der Waals surface area contributed by atoms with Gasteiger partial charge in [0.2, 0.25) is 0 Å². The highest BCUT2D eigenvalue weighted by Gasteiger charge is 2.13. The van der Waals surface area contributed by atoms with Crippen molar-refractivity contribution < 1.29 is 0 Å². The molecule has 186 valence electrons. The third-order valence-corrected chi connectivity index (χ3v) is 5.58. The van der Waals surface area contributed by atoms with Gasteiger partial charge in [-0.1, -0.05) is 187 Å². The van der Waals surface area contributed by atoms with Crippen molar-refractivity contribution in [1.82, 2.24) is 0 Å². The molecule has 0 aliphatic rings. The third kappa shape index (κ3) is 11.7. The van der Waals surface area contributed by atoms with Crippen molar-refractivity contribution in [1.29, 1.82) is 0 Å². The Labute approximate surface area is 220 Å². The molecule has 0 N–H and O–H groups in total. The van der Waals surface area contributed by atoms with Crippen LogP contribution < -0.4 is 0 Å². The van der Waals surface area contributed by atoms with Gasteiger partial charge in [0.15, 0.2) is 0 Å². The zero-order valence-electron chi connectivity index (χ0n) is 22.9. The first kappa shape index (κ1) is 28.6. The van der Waals surface area contributed by atoms with Gasteiger partial charge in [0.1, 0.15) is 0 Å². The molecule has 0 aliphatic carbocycles. The van der Waals surface area contributed by atoms with E-state index in [1.807, 2.05) is 72.9 Å². The predicted molar refractivity (Wildman–Crippen MR) is 163 cm³/mol. The Bertz CT molecular complexity index is 1040. The minimum atomic E-state index is 0.195. The molecule has 0 unspecified atom stereocenters. The van der Waals surface area contributed by atoms with Crippen LogP contribution in [0.15, 0.2) is 134 Å². The molecule has 2 aromatic carbocycles. The Morgan fingerprint density at radius 3 is 0.778 bits per heavy atom. The molecule has 36 heavy (non-hydrogen) atoms. The second kappa shape index (κ2) is 14.7. The summed E-state index contributed by atoms with van der Waals surface area (Å²) in [6, 6.07) is 17.5. The van der Waals surface area contributed by atoms with Gasteiger partial charge in [-0.3, -0.25) is 0 Å². The fourth-order valence-electron chi connectivity index (χ4n) is 3.29. The molecule has 0 atom stereocenters. The molecular formula is C36H42. The molecule has 0 nitrogen and oxygen atoms in total. The summed E-state index contributed by atoms with van der Waals surface area (Å²) in [5.41, 5.74) is 5.53. The highest BCUT2D eigenvalue weighted by atomic mass is 14.2. The van der Waals surface area contributed by atoms with Crippen molar-refractivity contribution in [2.45, 2.75) is 52.4 Å². The smallest absolute Gasteiger partial charge is 0.0132 e. The first-order valence-corrected chi connectivity index (χ1v) is 12.7. The maximum absolute atomic E-state index is 2.24. The van der Waals surface area contributed by atoms with Gasteiger partial charge in [0, 0.05) is 0 Å². The number of rotatable bonds is 9. The quantitative estimate of drug-likeness (QED) is 0.317. The molecule has 0 heterocycles. The van der Waals surface area contributed by atoms with Crippen LogP contribution in [0.5, 0.6) is 0 Å². The van der Waals surface area contributed by atoms with Crippen LogP contribution in [0.2, 0.25) is 0 Å². The zero-order chi connectivity index (χ0) is 26.3. The normalized spacial score (nSPS) is 14.1. The maximum atomic E-state index is 2.24. The lowest BCUT2D eigenvalue weighted by atomic mass is 9.87. The SMILES string of the molecule is CC(C)(C)c1ccc(/C=C/C=C/C=C/C=C/C=C/C=C/C=C/C=C/c2ccc(C(C)(C)C)cc2)cc1. The molecule has 0 saturated carbocycles. The van der Waals surface area contributed by atoms with Gasteiger partial charge in [0.05, 0.1) is 0 Å². The topological polar surface area (TPSA) is 0 Å². The third-order valence-electron chi connectivity index (χ3n) is 5.58. The summed E-state index contributed by atoms with van der Waals surface area (Å²) in [5, 5.41) is 0. The number of allylic oxidation sites excluding steroid dienone is 14. The van der Waals surface area contributed by atoms with E-state index in [4.69, 9.17) is 0 Å². The van der Waals surface area contributed by atoms with Crippen LogP contribution in [0.1, 0.15) is 63.8 Å². The Morgan fingerprint density at radius 1 is 0.333 bits per heavy atom. The van der Waals surface area contributed by atoms with Gasteiger partial charge in [-0.2, -0.15) is 0 Å². The summed E-state index contributed by atoms with van der Waals surface area (Å²) in [7, 11) is 0. The fraction of sp³-hybridized carbons (Fsp3) is 0.222. The molecule has 0 heteroatoms. The van der Waals surface area contributed by atoms with Gasteiger partial charge in [-0.25, -0.2) is 0 Å². The molecule has 0 saturated heterocycles. The van der Waals surface area contributed by atoms with E-state index >= 15 is 0 Å². The van der Waals surface area contributed by atoms with Crippen LogP contribution in [0, 0.1) is 0 Å². The minimum Gasteiger partial charge on any atom is -0.0623 e. The molecule has 0 fully saturated rings. The van der Waals surface area contributed by atoms with Gasteiger partial charge in [-0.15, -0.1) is 0 Å². The van der Waals surface area contributed by atoms with E-state index in [0.717, 1.165) is 0 Å². The number of hydrogen-bond donors (Lipinski definition) is 0. The summed E-state index contributed by atoms with van der Waals surface area (Å²) >= 11 is 0. The van der Waals surface area contributed by atoms with Gasteiger partial charge in [-0.05, 0) is 33.1 Å². The van der Waals surface area contributed by atoms with Crippen LogP contribution in [0.4, 0.5) is 0 Å². The van der Waals surface area contributed by atoms with Crippen molar-refractivity contribution in [3.05, 3.63) is 156 Å². The molecule has 2 rings (SSSR count). The summed E-state index contributed by atoms with van der Waals surface area (Å²) < 4.78 is 0. The second-order valence-corrected chi connectivity index (χ2v) is 10.8. The Morgan fingerprint density at radius 2 is 0.556 bits per heavy atom. The first-order valence-electron chi connectivity index (χ1n) is 12.7. The first-order chi connectivity index (χ1) is 17.2. The largest absolute Gasteiger partial charge is 0.0623 e. The Kier molecular flexibility index (Phi) is 11.7. The summed E-state index contributed by atoms with van der Waals surface area (Å²) in [6.45, 7) is 13.4. The highest BCUT2D eigenvalue weighted by Crippen LogP contribution is 2.23. The average Bonchev–Trinajstić information content (AvgIpc) is 2.83. The lowest BCUT2D eigenvalue weighted by Crippen LogP contribution is -2.10.